The number of aromatic nitrogens is 1. The lowest BCUT2D eigenvalue weighted by molar-refractivity contribution is -0.137. The molecule has 1 aromatic rings. The van der Waals surface area contributed by atoms with Crippen molar-refractivity contribution in [2.75, 3.05) is 11.9 Å². The van der Waals surface area contributed by atoms with Gasteiger partial charge in [0, 0.05) is 6.04 Å². The fourth-order valence-electron chi connectivity index (χ4n) is 1.32. The fourth-order valence-corrected chi connectivity index (χ4v) is 1.32. The number of ether oxygens (including phenoxy) is 1. The quantitative estimate of drug-likeness (QED) is 0.713. The minimum atomic E-state index is -0.911. The maximum absolute atomic E-state index is 11.3. The molecule has 0 aliphatic heterocycles. The number of nitrogens with zero attached hydrogens (tertiary/aromatic N) is 1. The molecule has 1 atom stereocenters. The van der Waals surface area contributed by atoms with Crippen LogP contribution in [0.25, 0.3) is 0 Å². The number of carbonyl (C=O) groups excluding carboxylic acids is 1. The molecule has 0 radical (unpaired) electrons. The predicted molar refractivity (Wildman–Crippen MR) is 62.4 cm³/mol. The van der Waals surface area contributed by atoms with Gasteiger partial charge >= 0.3 is 11.9 Å². The summed E-state index contributed by atoms with van der Waals surface area (Å²) in [4.78, 5) is 25.8. The van der Waals surface area contributed by atoms with Crippen LogP contribution in [0.1, 0.15) is 37.2 Å². The molecule has 1 aromatic heterocycles. The Morgan fingerprint density at radius 3 is 2.83 bits per heavy atom. The van der Waals surface area contributed by atoms with Crippen molar-refractivity contribution >= 4 is 18.0 Å². The van der Waals surface area contributed by atoms with Gasteiger partial charge in [-0.15, -0.1) is 0 Å². The van der Waals surface area contributed by atoms with Crippen molar-refractivity contribution in [3.05, 3.63) is 12.0 Å². The molecule has 18 heavy (non-hydrogen) atoms. The normalized spacial score (nSPS) is 11.9. The highest BCUT2D eigenvalue weighted by Gasteiger charge is 2.16. The smallest absolute Gasteiger partial charge is 0.360 e. The van der Waals surface area contributed by atoms with Crippen LogP contribution in [0.2, 0.25) is 0 Å². The van der Waals surface area contributed by atoms with E-state index in [1.807, 2.05) is 6.92 Å². The standard InChI is InChI=1S/C11H16N2O5/c1-3-7(5-9(14)15)12-11-13-8(6-18-11)10(16)17-4-2/h6-7H,3-5H2,1-2H3,(H,12,13)(H,14,15). The number of aliphatic carboxylic acids is 1. The Morgan fingerprint density at radius 1 is 1.56 bits per heavy atom. The van der Waals surface area contributed by atoms with Gasteiger partial charge in [0.25, 0.3) is 6.01 Å². The second-order valence-corrected chi connectivity index (χ2v) is 3.61. The number of hydrogen-bond donors (Lipinski definition) is 2. The van der Waals surface area contributed by atoms with E-state index in [0.717, 1.165) is 0 Å². The van der Waals surface area contributed by atoms with Crippen molar-refractivity contribution in [3.8, 4) is 0 Å². The van der Waals surface area contributed by atoms with E-state index >= 15 is 0 Å². The number of nitrogens with one attached hydrogen (secondary N) is 1. The van der Waals surface area contributed by atoms with E-state index < -0.39 is 11.9 Å². The second kappa shape index (κ2) is 6.63. The second-order valence-electron chi connectivity index (χ2n) is 3.61. The van der Waals surface area contributed by atoms with Gasteiger partial charge in [-0.1, -0.05) is 6.92 Å². The summed E-state index contributed by atoms with van der Waals surface area (Å²) in [6, 6.07) is -0.178. The Morgan fingerprint density at radius 2 is 2.28 bits per heavy atom. The van der Waals surface area contributed by atoms with Crippen LogP contribution in [-0.2, 0) is 9.53 Å². The number of carboxylic acids is 1. The summed E-state index contributed by atoms with van der Waals surface area (Å²) in [5, 5.41) is 11.5. The molecule has 1 heterocycles. The van der Waals surface area contributed by atoms with Crippen LogP contribution in [0.3, 0.4) is 0 Å². The highest BCUT2D eigenvalue weighted by Crippen LogP contribution is 2.12. The zero-order chi connectivity index (χ0) is 13.5. The first kappa shape index (κ1) is 14.0. The Kier molecular flexibility index (Phi) is 5.16. The number of carboxylic acid groups (broad SMARTS) is 1. The van der Waals surface area contributed by atoms with Crippen LogP contribution in [-0.4, -0.2) is 34.7 Å². The van der Waals surface area contributed by atoms with Crippen LogP contribution in [0, 0.1) is 0 Å². The summed E-state index contributed by atoms with van der Waals surface area (Å²) in [6.07, 6.45) is 1.73. The monoisotopic (exact) mass is 256 g/mol. The minimum absolute atomic E-state index is 0.0480. The molecule has 7 nitrogen and oxygen atoms in total. The number of carbonyl (C=O) groups is 2. The number of esters is 1. The van der Waals surface area contributed by atoms with Crippen LogP contribution in [0.15, 0.2) is 10.7 Å². The molecule has 0 fully saturated rings. The molecule has 0 amide bonds. The summed E-state index contributed by atoms with van der Waals surface area (Å²) < 4.78 is 9.78. The molecule has 7 heteroatoms. The Hall–Kier alpha value is -2.05. The minimum Gasteiger partial charge on any atom is -0.481 e. The summed E-state index contributed by atoms with van der Waals surface area (Å²) in [5.41, 5.74) is 0.0597. The molecule has 100 valence electrons. The zero-order valence-electron chi connectivity index (χ0n) is 10.3. The maximum atomic E-state index is 11.3. The summed E-state index contributed by atoms with van der Waals surface area (Å²) in [7, 11) is 0. The maximum Gasteiger partial charge on any atom is 0.360 e. The van der Waals surface area contributed by atoms with Crippen molar-refractivity contribution < 1.29 is 23.8 Å². The molecule has 0 saturated heterocycles. The Balaban J connectivity index is 2.62. The molecular formula is C11H16N2O5. The number of anilines is 1. The van der Waals surface area contributed by atoms with E-state index in [-0.39, 0.29) is 30.8 Å². The highest BCUT2D eigenvalue weighted by molar-refractivity contribution is 5.87. The lowest BCUT2D eigenvalue weighted by atomic mass is 10.1. The van der Waals surface area contributed by atoms with Crippen molar-refractivity contribution in [1.82, 2.24) is 4.98 Å². The zero-order valence-corrected chi connectivity index (χ0v) is 10.3. The van der Waals surface area contributed by atoms with Gasteiger partial charge in [-0.3, -0.25) is 4.79 Å². The van der Waals surface area contributed by atoms with E-state index in [0.29, 0.717) is 6.42 Å². The molecule has 1 rings (SSSR count). The lowest BCUT2D eigenvalue weighted by Gasteiger charge is -2.12. The number of hydrogen-bond acceptors (Lipinski definition) is 6. The predicted octanol–water partition coefficient (Wildman–Crippen LogP) is 1.52. The third-order valence-electron chi connectivity index (χ3n) is 2.23. The van der Waals surface area contributed by atoms with Crippen molar-refractivity contribution in [2.45, 2.75) is 32.7 Å². The van der Waals surface area contributed by atoms with E-state index in [1.165, 1.54) is 6.26 Å². The van der Waals surface area contributed by atoms with Crippen molar-refractivity contribution in [1.29, 1.82) is 0 Å². The molecule has 0 bridgehead atoms. The first-order valence-corrected chi connectivity index (χ1v) is 5.67. The average Bonchev–Trinajstić information content (AvgIpc) is 2.76. The number of oxazole rings is 1. The van der Waals surface area contributed by atoms with Gasteiger partial charge in [0.15, 0.2) is 5.69 Å². The van der Waals surface area contributed by atoms with Gasteiger partial charge in [0.05, 0.1) is 13.0 Å². The summed E-state index contributed by atoms with van der Waals surface area (Å²) >= 11 is 0. The summed E-state index contributed by atoms with van der Waals surface area (Å²) in [6.45, 7) is 3.79. The van der Waals surface area contributed by atoms with E-state index in [4.69, 9.17) is 14.3 Å². The van der Waals surface area contributed by atoms with Crippen LogP contribution in [0.4, 0.5) is 6.01 Å². The molecule has 0 saturated carbocycles. The fraction of sp³-hybridized carbons (Fsp3) is 0.545. The topological polar surface area (TPSA) is 102 Å². The van der Waals surface area contributed by atoms with Crippen LogP contribution in [0.5, 0.6) is 0 Å². The average molecular weight is 256 g/mol. The van der Waals surface area contributed by atoms with Gasteiger partial charge in [-0.25, -0.2) is 4.79 Å². The van der Waals surface area contributed by atoms with E-state index in [2.05, 4.69) is 10.3 Å². The van der Waals surface area contributed by atoms with Gasteiger partial charge in [0.1, 0.15) is 6.26 Å². The Labute approximate surface area is 104 Å². The van der Waals surface area contributed by atoms with E-state index in [9.17, 15) is 9.59 Å². The summed E-state index contributed by atoms with van der Waals surface area (Å²) in [5.74, 6) is -1.48. The van der Waals surface area contributed by atoms with E-state index in [1.54, 1.807) is 6.92 Å². The molecule has 0 spiro atoms. The molecule has 0 aliphatic rings. The molecular weight excluding hydrogens is 240 g/mol. The first-order chi connectivity index (χ1) is 8.56. The van der Waals surface area contributed by atoms with Gasteiger partial charge in [-0.05, 0) is 13.3 Å². The molecule has 0 aliphatic carbocycles. The third kappa shape index (κ3) is 4.08. The van der Waals surface area contributed by atoms with Crippen LogP contribution >= 0.6 is 0 Å². The van der Waals surface area contributed by atoms with Gasteiger partial charge < -0.3 is 19.6 Å². The highest BCUT2D eigenvalue weighted by atomic mass is 16.5. The Bertz CT molecular complexity index is 415. The largest absolute Gasteiger partial charge is 0.481 e. The third-order valence-corrected chi connectivity index (χ3v) is 2.23. The van der Waals surface area contributed by atoms with Gasteiger partial charge in [0.2, 0.25) is 0 Å². The van der Waals surface area contributed by atoms with Crippen molar-refractivity contribution in [2.24, 2.45) is 0 Å². The van der Waals surface area contributed by atoms with Crippen molar-refractivity contribution in [3.63, 3.8) is 0 Å². The number of rotatable bonds is 7. The molecule has 0 aromatic carbocycles. The van der Waals surface area contributed by atoms with Crippen LogP contribution < -0.4 is 5.32 Å². The molecule has 2 N–H and O–H groups in total. The lowest BCUT2D eigenvalue weighted by Crippen LogP contribution is -2.22. The van der Waals surface area contributed by atoms with Gasteiger partial charge in [-0.2, -0.15) is 4.98 Å². The molecule has 1 unspecified atom stereocenters. The SMILES string of the molecule is CCOC(=O)c1coc(NC(CC)CC(=O)O)n1. The first-order valence-electron chi connectivity index (χ1n) is 5.67.